The average Bonchev–Trinajstić information content (AvgIpc) is 2.98. The zero-order valence-corrected chi connectivity index (χ0v) is 25.5. The van der Waals surface area contributed by atoms with E-state index in [9.17, 15) is 13.6 Å². The second-order valence-corrected chi connectivity index (χ2v) is 12.0. The van der Waals surface area contributed by atoms with E-state index in [1.165, 1.54) is 95.2 Å². The van der Waals surface area contributed by atoms with Crippen LogP contribution >= 0.6 is 0 Å². The molecule has 0 heterocycles. The number of unbranched alkanes of at least 4 members (excludes halogenated alkanes) is 11. The van der Waals surface area contributed by atoms with Gasteiger partial charge >= 0.3 is 5.97 Å². The number of carbonyl (C=O) groups is 1. The van der Waals surface area contributed by atoms with Crippen LogP contribution in [0.1, 0.15) is 129 Å². The number of esters is 1. The molecule has 0 spiro atoms. The second-order valence-electron chi connectivity index (χ2n) is 12.0. The Balaban J connectivity index is 1.41. The van der Waals surface area contributed by atoms with Crippen molar-refractivity contribution in [2.75, 3.05) is 6.61 Å². The Morgan fingerprint density at radius 1 is 0.683 bits per heavy atom. The van der Waals surface area contributed by atoms with Gasteiger partial charge in [-0.15, -0.1) is 0 Å². The van der Waals surface area contributed by atoms with Gasteiger partial charge in [0.1, 0.15) is 0 Å². The largest absolute Gasteiger partial charge is 0.491 e. The molecule has 0 bridgehead atoms. The lowest BCUT2D eigenvalue weighted by molar-refractivity contribution is -0.140. The van der Waals surface area contributed by atoms with Gasteiger partial charge < -0.3 is 9.47 Å². The Morgan fingerprint density at radius 2 is 1.20 bits per heavy atom. The van der Waals surface area contributed by atoms with Gasteiger partial charge in [0.25, 0.3) is 0 Å². The number of halogens is 2. The average molecular weight is 571 g/mol. The van der Waals surface area contributed by atoms with Gasteiger partial charge in [-0.2, -0.15) is 0 Å². The van der Waals surface area contributed by atoms with Crippen LogP contribution in [-0.2, 0) is 4.79 Å². The van der Waals surface area contributed by atoms with E-state index in [4.69, 9.17) is 9.47 Å². The molecule has 41 heavy (non-hydrogen) atoms. The fourth-order valence-electron chi connectivity index (χ4n) is 5.89. The molecular weight excluding hydrogens is 518 g/mol. The lowest BCUT2D eigenvalue weighted by Gasteiger charge is -2.27. The summed E-state index contributed by atoms with van der Waals surface area (Å²) >= 11 is 0. The maximum atomic E-state index is 14.9. The van der Waals surface area contributed by atoms with Crippen LogP contribution in [0.25, 0.3) is 11.1 Å². The zero-order chi connectivity index (χ0) is 29.3. The van der Waals surface area contributed by atoms with Gasteiger partial charge in [0.2, 0.25) is 0 Å². The van der Waals surface area contributed by atoms with Crippen LogP contribution in [0.3, 0.4) is 0 Å². The van der Waals surface area contributed by atoms with E-state index in [1.807, 2.05) is 0 Å². The summed E-state index contributed by atoms with van der Waals surface area (Å²) < 4.78 is 40.7. The van der Waals surface area contributed by atoms with Crippen molar-refractivity contribution in [3.63, 3.8) is 0 Å². The van der Waals surface area contributed by atoms with Gasteiger partial charge in [0, 0.05) is 0 Å². The first-order chi connectivity index (χ1) is 20.0. The number of ether oxygens (including phenoxy) is 2. The molecule has 0 N–H and O–H groups in total. The topological polar surface area (TPSA) is 35.5 Å². The number of hydrogen-bond acceptors (Lipinski definition) is 3. The predicted molar refractivity (Wildman–Crippen MR) is 164 cm³/mol. The molecule has 2 aromatic rings. The highest BCUT2D eigenvalue weighted by Gasteiger charge is 2.28. The Morgan fingerprint density at radius 3 is 1.76 bits per heavy atom. The van der Waals surface area contributed by atoms with Crippen LogP contribution in [0, 0.1) is 23.5 Å². The predicted octanol–water partition coefficient (Wildman–Crippen LogP) is 11.2. The van der Waals surface area contributed by atoms with Crippen molar-refractivity contribution in [2.24, 2.45) is 11.8 Å². The fourth-order valence-corrected chi connectivity index (χ4v) is 5.89. The van der Waals surface area contributed by atoms with Crippen molar-refractivity contribution in [3.05, 3.63) is 48.0 Å². The molecule has 0 amide bonds. The Hall–Kier alpha value is -2.43. The van der Waals surface area contributed by atoms with Crippen LogP contribution < -0.4 is 9.47 Å². The third kappa shape index (κ3) is 11.8. The SMILES string of the molecule is CCCCCCCCCCOc1ccc(-c2ccc(OC(=O)[C@H]3CC[C@H](CCCCCCC)CC3)c(F)c2)cc1F. The van der Waals surface area contributed by atoms with E-state index in [-0.39, 0.29) is 23.4 Å². The molecule has 1 fully saturated rings. The minimum Gasteiger partial charge on any atom is -0.491 e. The lowest BCUT2D eigenvalue weighted by atomic mass is 9.80. The van der Waals surface area contributed by atoms with Crippen LogP contribution in [-0.4, -0.2) is 12.6 Å². The molecule has 228 valence electrons. The first-order valence-electron chi connectivity index (χ1n) is 16.5. The zero-order valence-electron chi connectivity index (χ0n) is 25.5. The van der Waals surface area contributed by atoms with Gasteiger partial charge in [-0.3, -0.25) is 4.79 Å². The summed E-state index contributed by atoms with van der Waals surface area (Å²) in [6.45, 7) is 4.94. The monoisotopic (exact) mass is 570 g/mol. The highest BCUT2D eigenvalue weighted by atomic mass is 19.1. The smallest absolute Gasteiger partial charge is 0.314 e. The molecule has 0 aliphatic heterocycles. The molecule has 1 saturated carbocycles. The van der Waals surface area contributed by atoms with Crippen molar-refractivity contribution in [2.45, 2.75) is 129 Å². The summed E-state index contributed by atoms with van der Waals surface area (Å²) in [6, 6.07) is 9.13. The normalized spacial score (nSPS) is 17.0. The van der Waals surface area contributed by atoms with Crippen LogP contribution in [0.4, 0.5) is 8.78 Å². The number of benzene rings is 2. The lowest BCUT2D eigenvalue weighted by Crippen LogP contribution is -2.26. The third-order valence-corrected chi connectivity index (χ3v) is 8.56. The molecule has 0 atom stereocenters. The van der Waals surface area contributed by atoms with Gasteiger partial charge in [0.15, 0.2) is 23.1 Å². The highest BCUT2D eigenvalue weighted by Crippen LogP contribution is 2.34. The van der Waals surface area contributed by atoms with Crippen LogP contribution in [0.15, 0.2) is 36.4 Å². The summed E-state index contributed by atoms with van der Waals surface area (Å²) in [5, 5.41) is 0. The van der Waals surface area contributed by atoms with Gasteiger partial charge in [-0.05, 0) is 73.4 Å². The fraction of sp³-hybridized carbons (Fsp3) is 0.639. The number of hydrogen-bond donors (Lipinski definition) is 0. The minimum absolute atomic E-state index is 0.0670. The van der Waals surface area contributed by atoms with Crippen molar-refractivity contribution >= 4 is 5.97 Å². The molecule has 2 aromatic carbocycles. The minimum atomic E-state index is -0.618. The molecule has 0 saturated heterocycles. The molecule has 1 aliphatic rings. The maximum absolute atomic E-state index is 14.9. The van der Waals surface area contributed by atoms with Crippen molar-refractivity contribution in [3.8, 4) is 22.6 Å². The Labute approximate surface area is 247 Å². The molecule has 0 aromatic heterocycles. The molecule has 0 radical (unpaired) electrons. The quantitative estimate of drug-likeness (QED) is 0.0957. The van der Waals surface area contributed by atoms with E-state index in [2.05, 4.69) is 13.8 Å². The highest BCUT2D eigenvalue weighted by molar-refractivity contribution is 5.75. The molecule has 0 unspecified atom stereocenters. The summed E-state index contributed by atoms with van der Waals surface area (Å²) in [5.41, 5.74) is 1.07. The first-order valence-corrected chi connectivity index (χ1v) is 16.5. The van der Waals surface area contributed by atoms with Crippen molar-refractivity contribution < 1.29 is 23.0 Å². The Bertz CT molecular complexity index is 1030. The summed E-state index contributed by atoms with van der Waals surface area (Å²) in [7, 11) is 0. The Kier molecular flexibility index (Phi) is 15.2. The molecular formula is C36H52F2O3. The van der Waals surface area contributed by atoms with Crippen molar-refractivity contribution in [1.82, 2.24) is 0 Å². The molecule has 1 aliphatic carbocycles. The molecule has 3 nitrogen and oxygen atoms in total. The second kappa shape index (κ2) is 18.9. The molecule has 3 rings (SSSR count). The first kappa shape index (κ1) is 33.1. The summed E-state index contributed by atoms with van der Waals surface area (Å²) in [6.07, 6.45) is 21.0. The van der Waals surface area contributed by atoms with E-state index in [1.54, 1.807) is 18.2 Å². The van der Waals surface area contributed by atoms with E-state index in [0.717, 1.165) is 38.5 Å². The standard InChI is InChI=1S/C36H52F2O3/c1-3-5-7-9-10-11-13-15-25-40-34-23-21-30(26-32(34)37)31-22-24-35(33(38)27-31)41-36(39)29-19-17-28(18-20-29)16-14-12-8-6-4-2/h21-24,26-29H,3-20,25H2,1-2H3/t28-,29-. The summed E-state index contributed by atoms with van der Waals surface area (Å²) in [5.74, 6) is -0.753. The third-order valence-electron chi connectivity index (χ3n) is 8.56. The molecule has 5 heteroatoms. The van der Waals surface area contributed by atoms with Gasteiger partial charge in [-0.25, -0.2) is 8.78 Å². The van der Waals surface area contributed by atoms with Crippen LogP contribution in [0.2, 0.25) is 0 Å². The number of carbonyl (C=O) groups excluding carboxylic acids is 1. The maximum Gasteiger partial charge on any atom is 0.314 e. The van der Waals surface area contributed by atoms with Crippen molar-refractivity contribution in [1.29, 1.82) is 0 Å². The van der Waals surface area contributed by atoms with Gasteiger partial charge in [-0.1, -0.05) is 109 Å². The number of rotatable bonds is 19. The van der Waals surface area contributed by atoms with Gasteiger partial charge in [0.05, 0.1) is 12.5 Å². The van der Waals surface area contributed by atoms with E-state index >= 15 is 0 Å². The van der Waals surface area contributed by atoms with E-state index in [0.29, 0.717) is 23.7 Å². The summed E-state index contributed by atoms with van der Waals surface area (Å²) in [4.78, 5) is 12.7. The van der Waals surface area contributed by atoms with Crippen LogP contribution in [0.5, 0.6) is 11.5 Å². The van der Waals surface area contributed by atoms with E-state index < -0.39 is 11.6 Å².